The fourth-order valence-electron chi connectivity index (χ4n) is 1.07. The quantitative estimate of drug-likeness (QED) is 0.627. The first kappa shape index (κ1) is 8.37. The van der Waals surface area contributed by atoms with Gasteiger partial charge in [-0.1, -0.05) is 0 Å². The van der Waals surface area contributed by atoms with E-state index in [-0.39, 0.29) is 0 Å². The monoisotopic (exact) mass is 236 g/mol. The van der Waals surface area contributed by atoms with E-state index in [1.54, 1.807) is 0 Å². The van der Waals surface area contributed by atoms with Crippen LogP contribution in [0.4, 0.5) is 4.69 Å². The number of anilines is 1. The maximum absolute atomic E-state index is 5.15. The third-order valence-corrected chi connectivity index (χ3v) is 3.72. The molecule has 2 rings (SSSR count). The van der Waals surface area contributed by atoms with Crippen molar-refractivity contribution >= 4 is 29.0 Å². The Morgan fingerprint density at radius 1 is 1.46 bits per heavy atom. The average molecular weight is 235 g/mol. The number of aromatic nitrogens is 1. The molecule has 1 N–H and O–H groups in total. The van der Waals surface area contributed by atoms with Crippen LogP contribution in [0.15, 0.2) is 24.3 Å². The van der Waals surface area contributed by atoms with Crippen LogP contribution in [0.5, 0.6) is 0 Å². The van der Waals surface area contributed by atoms with E-state index < -0.39 is 0 Å². The van der Waals surface area contributed by atoms with Crippen molar-refractivity contribution in [2.75, 3.05) is 11.9 Å². The van der Waals surface area contributed by atoms with E-state index in [9.17, 15) is 0 Å². The van der Waals surface area contributed by atoms with Gasteiger partial charge in [-0.25, -0.2) is 0 Å². The molecular formula is C10H8N2Se. The molecule has 0 aliphatic heterocycles. The molecule has 13 heavy (non-hydrogen) atoms. The van der Waals surface area contributed by atoms with Crippen LogP contribution in [-0.4, -0.2) is 26.0 Å². The minimum absolute atomic E-state index is 0.313. The van der Waals surface area contributed by atoms with Crippen LogP contribution in [-0.2, 0) is 0 Å². The van der Waals surface area contributed by atoms with Crippen molar-refractivity contribution in [1.29, 1.82) is 0 Å². The molecule has 2 aromatic rings. The maximum atomic E-state index is 5.15. The first-order valence-electron chi connectivity index (χ1n) is 3.93. The zero-order chi connectivity index (χ0) is 9.10. The molecule has 0 amide bonds. The van der Waals surface area contributed by atoms with E-state index in [0.29, 0.717) is 21.0 Å². The number of hydrogen-bond acceptors (Lipinski definition) is 2. The Kier molecular flexibility index (Phi) is 2.35. The predicted octanol–water partition coefficient (Wildman–Crippen LogP) is 1.34. The van der Waals surface area contributed by atoms with E-state index in [4.69, 9.17) is 6.42 Å². The van der Waals surface area contributed by atoms with E-state index in [2.05, 4.69) is 22.3 Å². The fourth-order valence-corrected chi connectivity index (χ4v) is 2.88. The Labute approximate surface area is 82.7 Å². The van der Waals surface area contributed by atoms with Crippen LogP contribution in [0.25, 0.3) is 9.78 Å². The molecule has 0 saturated carbocycles. The molecule has 0 unspecified atom stereocenters. The van der Waals surface area contributed by atoms with Crippen LogP contribution in [0.3, 0.4) is 0 Å². The Balaban J connectivity index is 2.34. The van der Waals surface area contributed by atoms with Crippen LogP contribution < -0.4 is 5.32 Å². The van der Waals surface area contributed by atoms with Crippen molar-refractivity contribution in [3.05, 3.63) is 24.3 Å². The summed E-state index contributed by atoms with van der Waals surface area (Å²) in [5.74, 6) is 2.54. The number of nitrogens with zero attached hydrogens (tertiary/aromatic N) is 1. The number of para-hydroxylation sites is 1. The zero-order valence-electron chi connectivity index (χ0n) is 6.95. The second-order valence-electron chi connectivity index (χ2n) is 2.54. The average Bonchev–Trinajstić information content (AvgIpc) is 2.57. The predicted molar refractivity (Wildman–Crippen MR) is 56.0 cm³/mol. The van der Waals surface area contributed by atoms with E-state index in [1.165, 1.54) is 4.26 Å². The number of fused-ring (bicyclic) bond motifs is 1. The Morgan fingerprint density at radius 3 is 3.08 bits per heavy atom. The molecular weight excluding hydrogens is 227 g/mol. The van der Waals surface area contributed by atoms with Gasteiger partial charge in [0.05, 0.1) is 0 Å². The molecule has 1 heterocycles. The number of rotatable bonds is 2. The van der Waals surface area contributed by atoms with Crippen molar-refractivity contribution in [3.63, 3.8) is 0 Å². The van der Waals surface area contributed by atoms with E-state index in [1.807, 2.05) is 18.2 Å². The van der Waals surface area contributed by atoms with Gasteiger partial charge in [-0.2, -0.15) is 0 Å². The standard InChI is InChI=1S/C10H8N2Se/c1-2-7-11-10-12-8-5-3-4-6-9(8)13-10/h1,3-6H,7H2,(H,11,12). The fraction of sp³-hybridized carbons (Fsp3) is 0.100. The van der Waals surface area contributed by atoms with Crippen LogP contribution in [0, 0.1) is 12.3 Å². The summed E-state index contributed by atoms with van der Waals surface area (Å²) in [5.41, 5.74) is 1.09. The molecule has 0 atom stereocenters. The summed E-state index contributed by atoms with van der Waals surface area (Å²) in [6.07, 6.45) is 5.15. The summed E-state index contributed by atoms with van der Waals surface area (Å²) in [4.78, 5) is 4.43. The summed E-state index contributed by atoms with van der Waals surface area (Å²) in [6.45, 7) is 0.564. The first-order chi connectivity index (χ1) is 6.40. The van der Waals surface area contributed by atoms with Gasteiger partial charge in [0, 0.05) is 0 Å². The molecule has 0 radical (unpaired) electrons. The molecule has 0 fully saturated rings. The third-order valence-electron chi connectivity index (χ3n) is 1.64. The molecule has 0 bridgehead atoms. The number of nitrogens with one attached hydrogen (secondary N) is 1. The second-order valence-corrected chi connectivity index (χ2v) is 4.71. The molecule has 0 aliphatic rings. The Hall–Kier alpha value is -1.23. The number of terminal acetylenes is 1. The number of benzene rings is 1. The van der Waals surface area contributed by atoms with Crippen LogP contribution in [0.1, 0.15) is 0 Å². The van der Waals surface area contributed by atoms with Gasteiger partial charge in [0.15, 0.2) is 0 Å². The molecule has 0 aliphatic carbocycles. The molecule has 2 nitrogen and oxygen atoms in total. The molecule has 1 aromatic carbocycles. The molecule has 1 aromatic heterocycles. The summed E-state index contributed by atoms with van der Waals surface area (Å²) in [7, 11) is 0. The van der Waals surface area contributed by atoms with Gasteiger partial charge in [0.25, 0.3) is 0 Å². The zero-order valence-corrected chi connectivity index (χ0v) is 8.66. The van der Waals surface area contributed by atoms with E-state index >= 15 is 0 Å². The molecule has 0 spiro atoms. The summed E-state index contributed by atoms with van der Waals surface area (Å²) in [5, 5.41) is 3.12. The second kappa shape index (κ2) is 3.66. The van der Waals surface area contributed by atoms with Gasteiger partial charge in [-0.05, 0) is 0 Å². The van der Waals surface area contributed by atoms with Crippen molar-refractivity contribution in [3.8, 4) is 12.3 Å². The minimum atomic E-state index is 0.313. The summed E-state index contributed by atoms with van der Waals surface area (Å²) < 4.78 is 2.36. The van der Waals surface area contributed by atoms with Crippen LogP contribution >= 0.6 is 0 Å². The van der Waals surface area contributed by atoms with Gasteiger partial charge >= 0.3 is 82.4 Å². The molecule has 64 valence electrons. The van der Waals surface area contributed by atoms with Gasteiger partial charge in [0.2, 0.25) is 0 Å². The SMILES string of the molecule is C#CCNc1nc2ccccc2[se]1. The third kappa shape index (κ3) is 1.75. The normalized spacial score (nSPS) is 9.77. The van der Waals surface area contributed by atoms with Crippen molar-refractivity contribution < 1.29 is 0 Å². The Morgan fingerprint density at radius 2 is 2.31 bits per heavy atom. The topological polar surface area (TPSA) is 24.9 Å². The van der Waals surface area contributed by atoms with Gasteiger partial charge in [0.1, 0.15) is 0 Å². The summed E-state index contributed by atoms with van der Waals surface area (Å²) >= 11 is 0.313. The number of hydrogen-bond donors (Lipinski definition) is 1. The van der Waals surface area contributed by atoms with Crippen molar-refractivity contribution in [1.82, 2.24) is 4.98 Å². The van der Waals surface area contributed by atoms with Crippen molar-refractivity contribution in [2.45, 2.75) is 0 Å². The van der Waals surface area contributed by atoms with Gasteiger partial charge in [-0.15, -0.1) is 0 Å². The molecule has 3 heteroatoms. The van der Waals surface area contributed by atoms with Gasteiger partial charge in [-0.3, -0.25) is 0 Å². The van der Waals surface area contributed by atoms with Gasteiger partial charge < -0.3 is 0 Å². The van der Waals surface area contributed by atoms with E-state index in [0.717, 1.165) is 10.2 Å². The van der Waals surface area contributed by atoms with Crippen molar-refractivity contribution in [2.24, 2.45) is 0 Å². The van der Waals surface area contributed by atoms with Crippen LogP contribution in [0.2, 0.25) is 0 Å². The molecule has 0 saturated heterocycles. The Bertz CT molecular complexity index is 420. The summed E-state index contributed by atoms with van der Waals surface area (Å²) in [6, 6.07) is 8.19. The first-order valence-corrected chi connectivity index (χ1v) is 5.64.